The Labute approximate surface area is 176 Å². The van der Waals surface area contributed by atoms with E-state index in [0.717, 1.165) is 12.1 Å². The largest absolute Gasteiger partial charge is 0.478 e. The van der Waals surface area contributed by atoms with E-state index in [2.05, 4.69) is 10.1 Å². The molecule has 1 unspecified atom stereocenters. The molecular formula is C19H11Cl2F3N2O4. The maximum absolute atomic E-state index is 14.1. The van der Waals surface area contributed by atoms with Crippen LogP contribution in [0.4, 0.5) is 13.2 Å². The van der Waals surface area contributed by atoms with E-state index >= 15 is 0 Å². The van der Waals surface area contributed by atoms with Crippen LogP contribution in [0.1, 0.15) is 33.8 Å². The molecule has 1 N–H and O–H groups in total. The highest BCUT2D eigenvalue weighted by Crippen LogP contribution is 2.50. The summed E-state index contributed by atoms with van der Waals surface area (Å²) in [6, 6.07) is 6.08. The van der Waals surface area contributed by atoms with Crippen LogP contribution in [0.3, 0.4) is 0 Å². The molecule has 0 fully saturated rings. The molecule has 6 nitrogen and oxygen atoms in total. The third-order valence-electron chi connectivity index (χ3n) is 4.71. The van der Waals surface area contributed by atoms with E-state index in [1.54, 1.807) is 0 Å². The van der Waals surface area contributed by atoms with Crippen LogP contribution >= 0.6 is 23.2 Å². The molecule has 3 aromatic rings. The molecule has 0 saturated carbocycles. The number of aromatic carboxylic acids is 1. The lowest BCUT2D eigenvalue weighted by molar-refractivity contribution is -0.275. The number of carbonyl (C=O) groups is 1. The normalized spacial score (nSPS) is 19.1. The molecule has 156 valence electrons. The van der Waals surface area contributed by atoms with Crippen LogP contribution in [0.15, 0.2) is 39.9 Å². The summed E-state index contributed by atoms with van der Waals surface area (Å²) < 4.78 is 47.8. The molecule has 4 rings (SSSR count). The minimum atomic E-state index is -4.86. The van der Waals surface area contributed by atoms with Crippen molar-refractivity contribution >= 4 is 46.0 Å². The van der Waals surface area contributed by atoms with E-state index in [9.17, 15) is 23.1 Å². The van der Waals surface area contributed by atoms with Crippen molar-refractivity contribution in [2.24, 2.45) is 5.16 Å². The Hall–Kier alpha value is -2.78. The summed E-state index contributed by atoms with van der Waals surface area (Å²) in [4.78, 5) is 20.5. The number of aryl methyl sites for hydroxylation is 1. The Morgan fingerprint density at radius 2 is 1.87 bits per heavy atom. The van der Waals surface area contributed by atoms with Gasteiger partial charge in [0.25, 0.3) is 5.60 Å². The summed E-state index contributed by atoms with van der Waals surface area (Å²) in [5.74, 6) is -1.10. The molecule has 11 heteroatoms. The van der Waals surface area contributed by atoms with E-state index in [-0.39, 0.29) is 49.4 Å². The summed E-state index contributed by atoms with van der Waals surface area (Å²) >= 11 is 11.8. The van der Waals surface area contributed by atoms with Crippen LogP contribution in [0.2, 0.25) is 10.0 Å². The molecule has 1 atom stereocenters. The third kappa shape index (κ3) is 3.18. The van der Waals surface area contributed by atoms with Gasteiger partial charge in [0.05, 0.1) is 12.1 Å². The number of fused-ring (bicyclic) bond motifs is 1. The summed E-state index contributed by atoms with van der Waals surface area (Å²) in [7, 11) is 0. The molecule has 1 aliphatic heterocycles. The van der Waals surface area contributed by atoms with Crippen molar-refractivity contribution in [2.75, 3.05) is 0 Å². The first-order chi connectivity index (χ1) is 14.0. The van der Waals surface area contributed by atoms with Gasteiger partial charge in [-0.1, -0.05) is 28.4 Å². The predicted octanol–water partition coefficient (Wildman–Crippen LogP) is 5.72. The quantitative estimate of drug-likeness (QED) is 0.542. The van der Waals surface area contributed by atoms with Gasteiger partial charge < -0.3 is 14.4 Å². The second kappa shape index (κ2) is 6.88. The Balaban J connectivity index is 1.84. The van der Waals surface area contributed by atoms with Crippen molar-refractivity contribution in [3.8, 4) is 0 Å². The molecule has 0 bridgehead atoms. The van der Waals surface area contributed by atoms with Crippen LogP contribution < -0.4 is 0 Å². The number of hydrogen-bond acceptors (Lipinski definition) is 5. The SMILES string of the molecule is Cc1nc2c(C3=NOC(c4cc(Cl)cc(Cl)c4)(C(F)(F)F)C3)ccc(C(=O)O)c2o1. The molecule has 0 saturated heterocycles. The molecule has 2 heterocycles. The number of oxime groups is 1. The van der Waals surface area contributed by atoms with Crippen LogP contribution in [0.25, 0.3) is 11.1 Å². The van der Waals surface area contributed by atoms with Crippen LogP contribution in [-0.2, 0) is 10.4 Å². The van der Waals surface area contributed by atoms with Gasteiger partial charge in [0.1, 0.15) is 11.1 Å². The molecule has 0 spiro atoms. The molecular weight excluding hydrogens is 448 g/mol. The van der Waals surface area contributed by atoms with Gasteiger partial charge in [0.2, 0.25) is 0 Å². The number of nitrogens with zero attached hydrogens (tertiary/aromatic N) is 2. The van der Waals surface area contributed by atoms with Crippen molar-refractivity contribution in [3.05, 3.63) is 63.0 Å². The number of benzene rings is 2. The first-order valence-electron chi connectivity index (χ1n) is 8.44. The van der Waals surface area contributed by atoms with Gasteiger partial charge in [0, 0.05) is 28.1 Å². The maximum Gasteiger partial charge on any atom is 0.435 e. The van der Waals surface area contributed by atoms with Gasteiger partial charge in [-0.05, 0) is 30.3 Å². The highest BCUT2D eigenvalue weighted by Gasteiger charge is 2.62. The number of rotatable bonds is 3. The molecule has 0 radical (unpaired) electrons. The van der Waals surface area contributed by atoms with E-state index in [0.29, 0.717) is 0 Å². The van der Waals surface area contributed by atoms with Gasteiger partial charge >= 0.3 is 12.1 Å². The van der Waals surface area contributed by atoms with E-state index in [1.165, 1.54) is 25.1 Å². The monoisotopic (exact) mass is 458 g/mol. The summed E-state index contributed by atoms with van der Waals surface area (Å²) in [6.45, 7) is 1.50. The average molecular weight is 459 g/mol. The van der Waals surface area contributed by atoms with Crippen molar-refractivity contribution in [3.63, 3.8) is 0 Å². The zero-order valence-electron chi connectivity index (χ0n) is 15.1. The van der Waals surface area contributed by atoms with E-state index in [1.807, 2.05) is 0 Å². The average Bonchev–Trinajstić information content (AvgIpc) is 3.23. The first kappa shape index (κ1) is 20.5. The lowest BCUT2D eigenvalue weighted by atomic mass is 9.86. The fourth-order valence-electron chi connectivity index (χ4n) is 3.35. The van der Waals surface area contributed by atoms with Crippen molar-refractivity contribution in [1.29, 1.82) is 0 Å². The maximum atomic E-state index is 14.1. The standard InChI is InChI=1S/C19H11Cl2F3N2O4/c1-8-25-15-12(2-3-13(17(27)28)16(15)29-8)14-7-18(30-26-14,19(22,23)24)9-4-10(20)6-11(21)5-9/h2-6H,7H2,1H3,(H,27,28). The summed E-state index contributed by atoms with van der Waals surface area (Å²) in [5, 5.41) is 13.0. The zero-order chi connectivity index (χ0) is 21.8. The van der Waals surface area contributed by atoms with Crippen LogP contribution in [-0.4, -0.2) is 27.9 Å². The van der Waals surface area contributed by atoms with Crippen molar-refractivity contribution < 1.29 is 32.3 Å². The van der Waals surface area contributed by atoms with Gasteiger partial charge in [-0.25, -0.2) is 9.78 Å². The molecule has 2 aromatic carbocycles. The highest BCUT2D eigenvalue weighted by molar-refractivity contribution is 6.34. The Morgan fingerprint density at radius 1 is 1.20 bits per heavy atom. The molecule has 30 heavy (non-hydrogen) atoms. The molecule has 0 amide bonds. The number of hydrogen-bond donors (Lipinski definition) is 1. The highest BCUT2D eigenvalue weighted by atomic mass is 35.5. The Morgan fingerprint density at radius 3 is 2.47 bits per heavy atom. The third-order valence-corrected chi connectivity index (χ3v) is 5.14. The number of carboxylic acids is 1. The summed E-state index contributed by atoms with van der Waals surface area (Å²) in [5.41, 5.74) is -3.16. The molecule has 0 aliphatic carbocycles. The van der Waals surface area contributed by atoms with Crippen molar-refractivity contribution in [1.82, 2.24) is 4.98 Å². The van der Waals surface area contributed by atoms with Gasteiger partial charge in [-0.3, -0.25) is 0 Å². The van der Waals surface area contributed by atoms with Crippen LogP contribution in [0.5, 0.6) is 0 Å². The predicted molar refractivity (Wildman–Crippen MR) is 102 cm³/mol. The Kier molecular flexibility index (Phi) is 4.70. The molecule has 1 aromatic heterocycles. The zero-order valence-corrected chi connectivity index (χ0v) is 16.6. The molecule has 1 aliphatic rings. The number of halogens is 5. The van der Waals surface area contributed by atoms with Crippen molar-refractivity contribution in [2.45, 2.75) is 25.1 Å². The lowest BCUT2D eigenvalue weighted by Crippen LogP contribution is -2.42. The Bertz CT molecular complexity index is 1200. The first-order valence-corrected chi connectivity index (χ1v) is 9.19. The van der Waals surface area contributed by atoms with E-state index in [4.69, 9.17) is 32.5 Å². The second-order valence-corrected chi connectivity index (χ2v) is 7.54. The fraction of sp³-hybridized carbons (Fsp3) is 0.211. The smallest absolute Gasteiger partial charge is 0.435 e. The minimum Gasteiger partial charge on any atom is -0.478 e. The minimum absolute atomic E-state index is 0.0125. The number of alkyl halides is 3. The van der Waals surface area contributed by atoms with Crippen LogP contribution in [0, 0.1) is 6.92 Å². The summed E-state index contributed by atoms with van der Waals surface area (Å²) in [6.07, 6.45) is -5.55. The topological polar surface area (TPSA) is 84.9 Å². The number of oxazole rings is 1. The number of aromatic nitrogens is 1. The van der Waals surface area contributed by atoms with Gasteiger partial charge in [-0.2, -0.15) is 13.2 Å². The number of carboxylic acid groups (broad SMARTS) is 1. The van der Waals surface area contributed by atoms with Gasteiger partial charge in [0.15, 0.2) is 11.5 Å². The lowest BCUT2D eigenvalue weighted by Gasteiger charge is -2.29. The van der Waals surface area contributed by atoms with Gasteiger partial charge in [-0.15, -0.1) is 0 Å². The second-order valence-electron chi connectivity index (χ2n) is 6.67. The fourth-order valence-corrected chi connectivity index (χ4v) is 3.88. The van der Waals surface area contributed by atoms with E-state index < -0.39 is 24.2 Å².